The Labute approximate surface area is 143 Å². The van der Waals surface area contributed by atoms with Gasteiger partial charge in [0, 0.05) is 31.2 Å². The van der Waals surface area contributed by atoms with Crippen molar-refractivity contribution in [3.8, 4) is 11.3 Å². The van der Waals surface area contributed by atoms with E-state index in [0.717, 1.165) is 0 Å². The highest BCUT2D eigenvalue weighted by Gasteiger charge is 2.11. The van der Waals surface area contributed by atoms with Crippen molar-refractivity contribution in [1.29, 1.82) is 0 Å². The maximum Gasteiger partial charge on any atom is 0.221 e. The topological polar surface area (TPSA) is 88.4 Å². The minimum atomic E-state index is -0.260. The maximum absolute atomic E-state index is 12.5. The molecular weight excluding hydrogens is 320 g/mol. The zero-order valence-electron chi connectivity index (χ0n) is 13.8. The van der Waals surface area contributed by atoms with E-state index in [2.05, 4.69) is 10.6 Å². The number of hydrogen-bond donors (Lipinski definition) is 2. The van der Waals surface area contributed by atoms with Crippen LogP contribution in [0.3, 0.4) is 0 Å². The van der Waals surface area contributed by atoms with Gasteiger partial charge in [-0.3, -0.25) is 14.4 Å². The van der Waals surface area contributed by atoms with Crippen molar-refractivity contribution in [3.63, 3.8) is 0 Å². The molecule has 0 saturated heterocycles. The maximum atomic E-state index is 12.5. The van der Waals surface area contributed by atoms with Crippen molar-refractivity contribution in [2.45, 2.75) is 13.8 Å². The van der Waals surface area contributed by atoms with Gasteiger partial charge in [-0.1, -0.05) is 6.07 Å². The number of nitrogens with one attached hydrogen (secondary N) is 2. The van der Waals surface area contributed by atoms with E-state index in [1.54, 1.807) is 42.5 Å². The Bertz CT molecular complexity index is 1020. The Morgan fingerprint density at radius 2 is 1.60 bits per heavy atom. The fourth-order valence-electron chi connectivity index (χ4n) is 2.57. The van der Waals surface area contributed by atoms with E-state index >= 15 is 0 Å². The minimum Gasteiger partial charge on any atom is -0.456 e. The summed E-state index contributed by atoms with van der Waals surface area (Å²) in [7, 11) is 0. The van der Waals surface area contributed by atoms with E-state index < -0.39 is 0 Å². The highest BCUT2D eigenvalue weighted by molar-refractivity contribution is 5.99. The average molecular weight is 336 g/mol. The SMILES string of the molecule is CC(=O)Nc1ccc(-c2cc(=O)c3c(NC(C)=O)cccc3o2)cc1. The van der Waals surface area contributed by atoms with Gasteiger partial charge < -0.3 is 15.1 Å². The van der Waals surface area contributed by atoms with Gasteiger partial charge in [0.2, 0.25) is 11.8 Å². The molecule has 3 aromatic rings. The molecule has 2 N–H and O–H groups in total. The summed E-state index contributed by atoms with van der Waals surface area (Å²) < 4.78 is 5.83. The van der Waals surface area contributed by atoms with Crippen LogP contribution in [-0.4, -0.2) is 11.8 Å². The van der Waals surface area contributed by atoms with Gasteiger partial charge in [-0.05, 0) is 36.4 Å². The van der Waals surface area contributed by atoms with E-state index in [-0.39, 0.29) is 17.2 Å². The highest BCUT2D eigenvalue weighted by Crippen LogP contribution is 2.26. The Morgan fingerprint density at radius 3 is 2.24 bits per heavy atom. The minimum absolute atomic E-state index is 0.157. The number of rotatable bonds is 3. The number of fused-ring (bicyclic) bond motifs is 1. The molecular formula is C19H16N2O4. The van der Waals surface area contributed by atoms with Crippen molar-refractivity contribution >= 4 is 34.2 Å². The van der Waals surface area contributed by atoms with Gasteiger partial charge in [-0.2, -0.15) is 0 Å². The summed E-state index contributed by atoms with van der Waals surface area (Å²) >= 11 is 0. The van der Waals surface area contributed by atoms with E-state index in [0.29, 0.717) is 33.7 Å². The molecule has 0 aliphatic heterocycles. The molecule has 0 bridgehead atoms. The Morgan fingerprint density at radius 1 is 0.920 bits per heavy atom. The molecule has 6 heteroatoms. The second-order valence-corrected chi connectivity index (χ2v) is 5.59. The van der Waals surface area contributed by atoms with Crippen LogP contribution in [0.4, 0.5) is 11.4 Å². The van der Waals surface area contributed by atoms with Gasteiger partial charge in [0.1, 0.15) is 11.3 Å². The van der Waals surface area contributed by atoms with Crippen molar-refractivity contribution in [2.75, 3.05) is 10.6 Å². The Balaban J connectivity index is 2.05. The number of carbonyl (C=O) groups is 2. The van der Waals surface area contributed by atoms with Gasteiger partial charge in [0.25, 0.3) is 0 Å². The summed E-state index contributed by atoms with van der Waals surface area (Å²) in [6, 6.07) is 13.4. The third-order valence-electron chi connectivity index (χ3n) is 3.56. The molecule has 2 aromatic carbocycles. The number of benzene rings is 2. The quantitative estimate of drug-likeness (QED) is 0.767. The smallest absolute Gasteiger partial charge is 0.221 e. The standard InChI is InChI=1S/C19H16N2O4/c1-11(22)20-14-8-6-13(7-9-14)18-10-16(24)19-15(21-12(2)23)4-3-5-17(19)25-18/h3-10H,1-2H3,(H,20,22)(H,21,23). The molecule has 0 aliphatic rings. The fourth-order valence-corrected chi connectivity index (χ4v) is 2.57. The second kappa shape index (κ2) is 6.60. The van der Waals surface area contributed by atoms with Crippen LogP contribution in [0.5, 0.6) is 0 Å². The van der Waals surface area contributed by atoms with E-state index in [1.165, 1.54) is 19.9 Å². The summed E-state index contributed by atoms with van der Waals surface area (Å²) in [6.45, 7) is 2.81. The molecule has 3 rings (SSSR count). The average Bonchev–Trinajstić information content (AvgIpc) is 2.54. The highest BCUT2D eigenvalue weighted by atomic mass is 16.3. The first-order valence-corrected chi connectivity index (χ1v) is 7.66. The lowest BCUT2D eigenvalue weighted by molar-refractivity contribution is -0.115. The number of amides is 2. The first-order valence-electron chi connectivity index (χ1n) is 7.66. The number of carbonyl (C=O) groups excluding carboxylic acids is 2. The number of hydrogen-bond acceptors (Lipinski definition) is 4. The molecule has 1 heterocycles. The molecule has 2 amide bonds. The molecule has 126 valence electrons. The lowest BCUT2D eigenvalue weighted by Gasteiger charge is -2.08. The van der Waals surface area contributed by atoms with Gasteiger partial charge in [0.15, 0.2) is 5.43 Å². The molecule has 0 radical (unpaired) electrons. The van der Waals surface area contributed by atoms with Crippen LogP contribution in [0.15, 0.2) is 57.7 Å². The summed E-state index contributed by atoms with van der Waals surface area (Å²) in [4.78, 5) is 34.9. The summed E-state index contributed by atoms with van der Waals surface area (Å²) in [5.74, 6) is -0.00752. The summed E-state index contributed by atoms with van der Waals surface area (Å²) in [5.41, 5.74) is 1.93. The lowest BCUT2D eigenvalue weighted by atomic mass is 10.1. The lowest BCUT2D eigenvalue weighted by Crippen LogP contribution is -2.10. The fraction of sp³-hybridized carbons (Fsp3) is 0.105. The van der Waals surface area contributed by atoms with Crippen LogP contribution in [-0.2, 0) is 9.59 Å². The van der Waals surface area contributed by atoms with Gasteiger partial charge in [-0.25, -0.2) is 0 Å². The first-order chi connectivity index (χ1) is 11.9. The van der Waals surface area contributed by atoms with Crippen molar-refractivity contribution in [2.24, 2.45) is 0 Å². The molecule has 0 atom stereocenters. The summed E-state index contributed by atoms with van der Waals surface area (Å²) in [5, 5.41) is 5.64. The van der Waals surface area contributed by atoms with Gasteiger partial charge >= 0.3 is 0 Å². The molecule has 0 fully saturated rings. The van der Waals surface area contributed by atoms with Gasteiger partial charge in [-0.15, -0.1) is 0 Å². The van der Waals surface area contributed by atoms with Crippen LogP contribution >= 0.6 is 0 Å². The van der Waals surface area contributed by atoms with E-state index in [9.17, 15) is 14.4 Å². The predicted octanol–water partition coefficient (Wildman–Crippen LogP) is 3.38. The van der Waals surface area contributed by atoms with Crippen molar-refractivity contribution in [3.05, 3.63) is 58.8 Å². The molecule has 0 saturated carbocycles. The third-order valence-corrected chi connectivity index (χ3v) is 3.56. The zero-order valence-corrected chi connectivity index (χ0v) is 13.8. The Hall–Kier alpha value is -3.41. The van der Waals surface area contributed by atoms with Crippen LogP contribution in [0, 0.1) is 0 Å². The normalized spacial score (nSPS) is 10.5. The van der Waals surface area contributed by atoms with E-state index in [4.69, 9.17) is 4.42 Å². The first kappa shape index (κ1) is 16.4. The largest absolute Gasteiger partial charge is 0.456 e. The van der Waals surface area contributed by atoms with Crippen LogP contribution in [0.1, 0.15) is 13.8 Å². The van der Waals surface area contributed by atoms with Crippen LogP contribution in [0.2, 0.25) is 0 Å². The van der Waals surface area contributed by atoms with Crippen LogP contribution in [0.25, 0.3) is 22.3 Å². The second-order valence-electron chi connectivity index (χ2n) is 5.59. The molecule has 0 aliphatic carbocycles. The zero-order chi connectivity index (χ0) is 18.0. The Kier molecular flexibility index (Phi) is 4.35. The third kappa shape index (κ3) is 3.58. The molecule has 6 nitrogen and oxygen atoms in total. The molecule has 1 aromatic heterocycles. The molecule has 25 heavy (non-hydrogen) atoms. The van der Waals surface area contributed by atoms with E-state index in [1.807, 2.05) is 0 Å². The monoisotopic (exact) mass is 336 g/mol. The summed E-state index contributed by atoms with van der Waals surface area (Å²) in [6.07, 6.45) is 0. The number of anilines is 2. The van der Waals surface area contributed by atoms with Gasteiger partial charge in [0.05, 0.1) is 11.1 Å². The molecule has 0 spiro atoms. The van der Waals surface area contributed by atoms with Crippen molar-refractivity contribution < 1.29 is 14.0 Å². The molecule has 0 unspecified atom stereocenters. The van der Waals surface area contributed by atoms with Crippen molar-refractivity contribution in [1.82, 2.24) is 0 Å². The van der Waals surface area contributed by atoms with Crippen LogP contribution < -0.4 is 16.1 Å². The predicted molar refractivity (Wildman–Crippen MR) is 96.5 cm³/mol.